The first-order valence-electron chi connectivity index (χ1n) is 10.6. The van der Waals surface area contributed by atoms with Crippen molar-refractivity contribution in [2.45, 2.75) is 78.9 Å². The molecular weight excluding hydrogens is 402 g/mol. The number of phenols is 1. The van der Waals surface area contributed by atoms with E-state index in [1.54, 1.807) is 26.8 Å². The minimum Gasteiger partial charge on any atom is -0.508 e. The molecule has 31 heavy (non-hydrogen) atoms. The number of hydrogen-bond donors (Lipinski definition) is 1. The number of benzene rings is 1. The summed E-state index contributed by atoms with van der Waals surface area (Å²) in [5.74, 6) is -0.0429. The van der Waals surface area contributed by atoms with E-state index in [1.807, 2.05) is 27.7 Å². The second kappa shape index (κ2) is 11.2. The number of rotatable bonds is 5. The third-order valence-electron chi connectivity index (χ3n) is 4.47. The molecule has 3 unspecified atom stereocenters. The van der Waals surface area contributed by atoms with Gasteiger partial charge >= 0.3 is 12.1 Å². The van der Waals surface area contributed by atoms with Gasteiger partial charge in [0.15, 0.2) is 12.3 Å². The van der Waals surface area contributed by atoms with Crippen molar-refractivity contribution in [3.8, 4) is 11.5 Å². The van der Waals surface area contributed by atoms with E-state index in [2.05, 4.69) is 0 Å². The number of amides is 1. The Kier molecular flexibility index (Phi) is 9.62. The molecule has 0 aliphatic carbocycles. The van der Waals surface area contributed by atoms with Crippen molar-refractivity contribution >= 4 is 12.1 Å². The highest BCUT2D eigenvalue weighted by atomic mass is 16.6. The van der Waals surface area contributed by atoms with Crippen LogP contribution in [0.15, 0.2) is 18.2 Å². The second-order valence-electron chi connectivity index (χ2n) is 8.44. The van der Waals surface area contributed by atoms with Crippen LogP contribution in [0.1, 0.15) is 66.7 Å². The van der Waals surface area contributed by atoms with E-state index < -0.39 is 36.0 Å². The highest BCUT2D eigenvalue weighted by molar-refractivity contribution is 5.78. The average molecular weight is 440 g/mol. The van der Waals surface area contributed by atoms with Crippen molar-refractivity contribution in [3.05, 3.63) is 23.8 Å². The summed E-state index contributed by atoms with van der Waals surface area (Å²) in [6, 6.07) is 3.91. The predicted molar refractivity (Wildman–Crippen MR) is 117 cm³/mol. The fourth-order valence-electron chi connectivity index (χ4n) is 3.34. The van der Waals surface area contributed by atoms with Crippen molar-refractivity contribution in [1.82, 2.24) is 4.90 Å². The molecule has 2 rings (SSSR count). The zero-order valence-corrected chi connectivity index (χ0v) is 20.1. The fourth-order valence-corrected chi connectivity index (χ4v) is 3.34. The van der Waals surface area contributed by atoms with Gasteiger partial charge in [0.25, 0.3) is 0 Å². The molecule has 1 heterocycles. The molecule has 1 aromatic rings. The van der Waals surface area contributed by atoms with Gasteiger partial charge in [-0.1, -0.05) is 27.7 Å². The van der Waals surface area contributed by atoms with Crippen molar-refractivity contribution in [2.24, 2.45) is 5.92 Å². The Hall–Kier alpha value is -2.48. The monoisotopic (exact) mass is 439 g/mol. The maximum atomic E-state index is 13.1. The smallest absolute Gasteiger partial charge is 0.413 e. The Morgan fingerprint density at radius 2 is 1.81 bits per heavy atom. The highest BCUT2D eigenvalue weighted by Crippen LogP contribution is 2.42. The summed E-state index contributed by atoms with van der Waals surface area (Å²) in [4.78, 5) is 27.0. The maximum Gasteiger partial charge on any atom is 0.413 e. The lowest BCUT2D eigenvalue weighted by Gasteiger charge is -2.32. The number of phenolic OH excluding ortho intramolecular Hbond substituents is 1. The summed E-state index contributed by atoms with van der Waals surface area (Å²) < 4.78 is 21.9. The van der Waals surface area contributed by atoms with Crippen molar-refractivity contribution < 1.29 is 33.6 Å². The van der Waals surface area contributed by atoms with E-state index in [0.29, 0.717) is 17.7 Å². The van der Waals surface area contributed by atoms with Crippen LogP contribution >= 0.6 is 0 Å². The minimum atomic E-state index is -0.974. The average Bonchev–Trinajstić information content (AvgIpc) is 3.05. The first-order chi connectivity index (χ1) is 14.5. The number of aromatic hydroxyl groups is 1. The molecule has 0 bridgehead atoms. The Balaban J connectivity index is 0.00000233. The maximum absolute atomic E-state index is 13.1. The van der Waals surface area contributed by atoms with Crippen LogP contribution in [0.2, 0.25) is 0 Å². The summed E-state index contributed by atoms with van der Waals surface area (Å²) >= 11 is 0. The number of carbonyl (C=O) groups is 2. The topological polar surface area (TPSA) is 94.5 Å². The number of esters is 1. The molecule has 1 fully saturated rings. The number of carbonyl (C=O) groups excluding carboxylic acids is 2. The van der Waals surface area contributed by atoms with Crippen molar-refractivity contribution in [3.63, 3.8) is 0 Å². The van der Waals surface area contributed by atoms with E-state index in [1.165, 1.54) is 31.3 Å². The third-order valence-corrected chi connectivity index (χ3v) is 4.47. The lowest BCUT2D eigenvalue weighted by Crippen LogP contribution is -2.46. The first kappa shape index (κ1) is 26.6. The molecule has 1 amide bonds. The van der Waals surface area contributed by atoms with Gasteiger partial charge in [-0.15, -0.1) is 0 Å². The third kappa shape index (κ3) is 6.75. The van der Waals surface area contributed by atoms with Crippen LogP contribution in [-0.2, 0) is 19.0 Å². The van der Waals surface area contributed by atoms with Crippen LogP contribution in [0.25, 0.3) is 0 Å². The van der Waals surface area contributed by atoms with Gasteiger partial charge in [0.2, 0.25) is 0 Å². The quantitative estimate of drug-likeness (QED) is 0.667. The largest absolute Gasteiger partial charge is 0.508 e. The van der Waals surface area contributed by atoms with E-state index in [4.69, 9.17) is 18.9 Å². The molecule has 0 aromatic heterocycles. The minimum absolute atomic E-state index is 0.00987. The highest BCUT2D eigenvalue weighted by Gasteiger charge is 2.51. The van der Waals surface area contributed by atoms with Gasteiger partial charge in [-0.25, -0.2) is 9.59 Å². The summed E-state index contributed by atoms with van der Waals surface area (Å²) in [7, 11) is 2.73. The molecule has 1 saturated heterocycles. The van der Waals surface area contributed by atoms with Gasteiger partial charge in [0.05, 0.1) is 20.3 Å². The molecule has 3 atom stereocenters. The van der Waals surface area contributed by atoms with Gasteiger partial charge in [-0.3, -0.25) is 4.90 Å². The molecule has 1 aromatic carbocycles. The number of nitrogens with zero attached hydrogens (tertiary/aromatic N) is 1. The standard InChI is InChI=1S/C21H31NO7.C2H6/c1-12(2)10-15-17(19(24)27-7)28-18(22(15)20(25)29-21(3,4)5)14-9-8-13(23)11-16(14)26-6;1-2/h8-9,11-12,15,17-18,23H,10H2,1-7H3;1-2H3. The van der Waals surface area contributed by atoms with E-state index >= 15 is 0 Å². The summed E-state index contributed by atoms with van der Waals surface area (Å²) in [6.07, 6.45) is -2.00. The van der Waals surface area contributed by atoms with E-state index in [-0.39, 0.29) is 11.7 Å². The molecule has 8 heteroatoms. The van der Waals surface area contributed by atoms with Crippen molar-refractivity contribution in [1.29, 1.82) is 0 Å². The van der Waals surface area contributed by atoms with Crippen LogP contribution in [0.4, 0.5) is 4.79 Å². The van der Waals surface area contributed by atoms with E-state index in [0.717, 1.165) is 0 Å². The van der Waals surface area contributed by atoms with Crippen LogP contribution in [-0.4, -0.2) is 54.0 Å². The normalized spacial score (nSPS) is 20.7. The predicted octanol–water partition coefficient (Wildman–Crippen LogP) is 4.65. The Bertz CT molecular complexity index is 742. The van der Waals surface area contributed by atoms with Gasteiger partial charge in [-0.05, 0) is 45.2 Å². The number of ether oxygens (including phenoxy) is 4. The van der Waals surface area contributed by atoms with E-state index in [9.17, 15) is 14.7 Å². The Morgan fingerprint density at radius 3 is 2.29 bits per heavy atom. The summed E-state index contributed by atoms with van der Waals surface area (Å²) in [5.41, 5.74) is -0.233. The van der Waals surface area contributed by atoms with Gasteiger partial charge in [0, 0.05) is 11.6 Å². The molecular formula is C23H37NO7. The molecule has 1 aliphatic rings. The molecule has 1 N–H and O–H groups in total. The molecule has 0 saturated carbocycles. The molecule has 176 valence electrons. The SMILES string of the molecule is CC.COC(=O)C1OC(c2ccc(O)cc2OC)N(C(=O)OC(C)(C)C)C1CC(C)C. The Morgan fingerprint density at radius 1 is 1.19 bits per heavy atom. The van der Waals surface area contributed by atoms with Crippen LogP contribution in [0.3, 0.4) is 0 Å². The summed E-state index contributed by atoms with van der Waals surface area (Å²) in [5, 5.41) is 9.79. The van der Waals surface area contributed by atoms with Gasteiger partial charge in [0.1, 0.15) is 17.1 Å². The lowest BCUT2D eigenvalue weighted by atomic mass is 9.98. The zero-order valence-electron chi connectivity index (χ0n) is 20.1. The van der Waals surface area contributed by atoms with Gasteiger partial charge < -0.3 is 24.1 Å². The zero-order chi connectivity index (χ0) is 23.9. The van der Waals surface area contributed by atoms with Crippen LogP contribution in [0, 0.1) is 5.92 Å². The van der Waals surface area contributed by atoms with Gasteiger partial charge in [-0.2, -0.15) is 0 Å². The Labute approximate surface area is 185 Å². The molecule has 1 aliphatic heterocycles. The van der Waals surface area contributed by atoms with Crippen molar-refractivity contribution in [2.75, 3.05) is 14.2 Å². The fraction of sp³-hybridized carbons (Fsp3) is 0.652. The number of methoxy groups -OCH3 is 2. The second-order valence-corrected chi connectivity index (χ2v) is 8.44. The lowest BCUT2D eigenvalue weighted by molar-refractivity contribution is -0.154. The number of hydrogen-bond acceptors (Lipinski definition) is 7. The first-order valence-corrected chi connectivity index (χ1v) is 10.6. The molecule has 0 spiro atoms. The summed E-state index contributed by atoms with van der Waals surface area (Å²) in [6.45, 7) is 13.3. The molecule has 8 nitrogen and oxygen atoms in total. The molecule has 0 radical (unpaired) electrons. The van der Waals surface area contributed by atoms with Crippen LogP contribution in [0.5, 0.6) is 11.5 Å². The van der Waals surface area contributed by atoms with Crippen LogP contribution < -0.4 is 4.74 Å².